The molecule has 120 valence electrons. The summed E-state index contributed by atoms with van der Waals surface area (Å²) in [6.07, 6.45) is 1.69. The van der Waals surface area contributed by atoms with E-state index in [4.69, 9.17) is 16.3 Å². The molecule has 1 N–H and O–H groups in total. The number of carbonyl (C=O) groups is 2. The van der Waals surface area contributed by atoms with Crippen LogP contribution in [-0.2, 0) is 14.3 Å². The molecule has 1 amide bonds. The van der Waals surface area contributed by atoms with Gasteiger partial charge in [-0.05, 0) is 25.0 Å². The van der Waals surface area contributed by atoms with Gasteiger partial charge < -0.3 is 14.8 Å². The summed E-state index contributed by atoms with van der Waals surface area (Å²) in [5, 5.41) is 3.60. The standard InChI is InChI=1S/C16H20ClNO4/c1-10(8-15(19)21-2)16(20)18-13-4-3-7-22-14-9-11(17)5-6-12(13)14/h5-6,9-10,13H,3-4,7-8H2,1-2H3,(H,18,20)/t10-,13-/m0/s1. The summed E-state index contributed by atoms with van der Waals surface area (Å²) >= 11 is 5.99. The summed E-state index contributed by atoms with van der Waals surface area (Å²) in [7, 11) is 1.32. The Morgan fingerprint density at radius 1 is 1.50 bits per heavy atom. The molecule has 2 atom stereocenters. The third-order valence-corrected chi connectivity index (χ3v) is 3.95. The van der Waals surface area contributed by atoms with Crippen molar-refractivity contribution in [2.75, 3.05) is 13.7 Å². The summed E-state index contributed by atoms with van der Waals surface area (Å²) in [4.78, 5) is 23.5. The van der Waals surface area contributed by atoms with Gasteiger partial charge in [0.15, 0.2) is 0 Å². The van der Waals surface area contributed by atoms with Crippen molar-refractivity contribution in [3.05, 3.63) is 28.8 Å². The van der Waals surface area contributed by atoms with Crippen LogP contribution in [0.25, 0.3) is 0 Å². The summed E-state index contributed by atoms with van der Waals surface area (Å²) in [6.45, 7) is 2.31. The second-order valence-electron chi connectivity index (χ2n) is 5.42. The van der Waals surface area contributed by atoms with Gasteiger partial charge in [-0.25, -0.2) is 0 Å². The Morgan fingerprint density at radius 3 is 3.00 bits per heavy atom. The number of amides is 1. The van der Waals surface area contributed by atoms with E-state index in [0.717, 1.165) is 18.4 Å². The number of hydrogen-bond donors (Lipinski definition) is 1. The van der Waals surface area contributed by atoms with Crippen molar-refractivity contribution in [1.82, 2.24) is 5.32 Å². The molecular weight excluding hydrogens is 306 g/mol. The molecule has 0 fully saturated rings. The number of hydrogen-bond acceptors (Lipinski definition) is 4. The highest BCUT2D eigenvalue weighted by Gasteiger charge is 2.25. The van der Waals surface area contributed by atoms with E-state index in [9.17, 15) is 9.59 Å². The quantitative estimate of drug-likeness (QED) is 0.865. The summed E-state index contributed by atoms with van der Waals surface area (Å²) in [6, 6.07) is 5.28. The number of ether oxygens (including phenoxy) is 2. The maximum absolute atomic E-state index is 12.3. The topological polar surface area (TPSA) is 64.6 Å². The van der Waals surface area contributed by atoms with Crippen LogP contribution >= 0.6 is 11.6 Å². The summed E-state index contributed by atoms with van der Waals surface area (Å²) in [5.74, 6) is -0.291. The largest absolute Gasteiger partial charge is 0.493 e. The van der Waals surface area contributed by atoms with E-state index in [0.29, 0.717) is 17.4 Å². The SMILES string of the molecule is COC(=O)C[C@H](C)C(=O)N[C@H]1CCCOc2cc(Cl)ccc21. The molecule has 1 heterocycles. The summed E-state index contributed by atoms with van der Waals surface area (Å²) < 4.78 is 10.3. The fraction of sp³-hybridized carbons (Fsp3) is 0.500. The minimum Gasteiger partial charge on any atom is -0.493 e. The molecule has 0 saturated carbocycles. The first-order valence-corrected chi connectivity index (χ1v) is 7.68. The number of carbonyl (C=O) groups excluding carboxylic acids is 2. The zero-order chi connectivity index (χ0) is 16.1. The number of esters is 1. The van der Waals surface area contributed by atoms with Gasteiger partial charge in [-0.2, -0.15) is 0 Å². The zero-order valence-corrected chi connectivity index (χ0v) is 13.5. The van der Waals surface area contributed by atoms with E-state index in [1.54, 1.807) is 19.1 Å². The van der Waals surface area contributed by atoms with Crippen LogP contribution in [0.4, 0.5) is 0 Å². The van der Waals surface area contributed by atoms with E-state index in [1.165, 1.54) is 7.11 Å². The number of halogens is 1. The van der Waals surface area contributed by atoms with Gasteiger partial charge in [0.05, 0.1) is 26.2 Å². The highest BCUT2D eigenvalue weighted by molar-refractivity contribution is 6.30. The van der Waals surface area contributed by atoms with Crippen LogP contribution in [0.3, 0.4) is 0 Å². The normalized spacial score (nSPS) is 18.4. The molecule has 0 unspecified atom stereocenters. The van der Waals surface area contributed by atoms with E-state index >= 15 is 0 Å². The van der Waals surface area contributed by atoms with Gasteiger partial charge >= 0.3 is 5.97 Å². The Morgan fingerprint density at radius 2 is 2.27 bits per heavy atom. The highest BCUT2D eigenvalue weighted by Crippen LogP contribution is 2.33. The van der Waals surface area contributed by atoms with Crippen molar-refractivity contribution >= 4 is 23.5 Å². The maximum Gasteiger partial charge on any atom is 0.306 e. The van der Waals surface area contributed by atoms with Crippen molar-refractivity contribution in [1.29, 1.82) is 0 Å². The molecule has 5 nitrogen and oxygen atoms in total. The average Bonchev–Trinajstić information content (AvgIpc) is 2.68. The van der Waals surface area contributed by atoms with E-state index in [-0.39, 0.29) is 24.3 Å². The molecular formula is C16H20ClNO4. The predicted octanol–water partition coefficient (Wildman–Crippen LogP) is 2.87. The lowest BCUT2D eigenvalue weighted by molar-refractivity contribution is -0.144. The Labute approximate surface area is 134 Å². The number of nitrogens with one attached hydrogen (secondary N) is 1. The van der Waals surface area contributed by atoms with Crippen molar-refractivity contribution in [3.63, 3.8) is 0 Å². The molecule has 6 heteroatoms. The molecule has 22 heavy (non-hydrogen) atoms. The maximum atomic E-state index is 12.3. The number of benzene rings is 1. The zero-order valence-electron chi connectivity index (χ0n) is 12.7. The lowest BCUT2D eigenvalue weighted by Gasteiger charge is -2.20. The van der Waals surface area contributed by atoms with Crippen LogP contribution < -0.4 is 10.1 Å². The molecule has 0 aromatic heterocycles. The molecule has 1 aromatic carbocycles. The van der Waals surface area contributed by atoms with Gasteiger partial charge in [0, 0.05) is 16.5 Å². The molecule has 0 spiro atoms. The number of methoxy groups -OCH3 is 1. The van der Waals surface area contributed by atoms with Gasteiger partial charge in [-0.1, -0.05) is 24.6 Å². The van der Waals surface area contributed by atoms with E-state index in [1.807, 2.05) is 6.07 Å². The molecule has 0 bridgehead atoms. The van der Waals surface area contributed by atoms with Crippen molar-refractivity contribution in [2.45, 2.75) is 32.2 Å². The Kier molecular flexibility index (Phi) is 5.66. The van der Waals surface area contributed by atoms with E-state index in [2.05, 4.69) is 10.1 Å². The minimum atomic E-state index is -0.438. The first-order valence-electron chi connectivity index (χ1n) is 7.30. The Bertz CT molecular complexity index is 561. The summed E-state index contributed by atoms with van der Waals surface area (Å²) in [5.41, 5.74) is 0.917. The minimum absolute atomic E-state index is 0.0685. The van der Waals surface area contributed by atoms with Crippen LogP contribution in [0.15, 0.2) is 18.2 Å². The van der Waals surface area contributed by atoms with Gasteiger partial charge in [-0.15, -0.1) is 0 Å². The van der Waals surface area contributed by atoms with Crippen molar-refractivity contribution in [3.8, 4) is 5.75 Å². The molecule has 2 rings (SSSR count). The Hall–Kier alpha value is -1.75. The van der Waals surface area contributed by atoms with Gasteiger partial charge in [0.2, 0.25) is 5.91 Å². The average molecular weight is 326 g/mol. The van der Waals surface area contributed by atoms with Gasteiger partial charge in [0.25, 0.3) is 0 Å². The predicted molar refractivity (Wildman–Crippen MR) is 82.9 cm³/mol. The Balaban J connectivity index is 2.09. The van der Waals surface area contributed by atoms with Crippen LogP contribution in [0.1, 0.15) is 37.8 Å². The van der Waals surface area contributed by atoms with E-state index < -0.39 is 5.92 Å². The van der Waals surface area contributed by atoms with Crippen LogP contribution in [0, 0.1) is 5.92 Å². The van der Waals surface area contributed by atoms with Crippen LogP contribution in [0.2, 0.25) is 5.02 Å². The molecule has 0 saturated heterocycles. The van der Waals surface area contributed by atoms with Crippen LogP contribution in [-0.4, -0.2) is 25.6 Å². The van der Waals surface area contributed by atoms with Gasteiger partial charge in [-0.3, -0.25) is 9.59 Å². The molecule has 0 aliphatic carbocycles. The third-order valence-electron chi connectivity index (χ3n) is 3.71. The first kappa shape index (κ1) is 16.6. The number of fused-ring (bicyclic) bond motifs is 1. The number of rotatable bonds is 4. The fourth-order valence-electron chi connectivity index (χ4n) is 2.44. The van der Waals surface area contributed by atoms with Crippen molar-refractivity contribution < 1.29 is 19.1 Å². The first-order chi connectivity index (χ1) is 10.5. The fourth-order valence-corrected chi connectivity index (χ4v) is 2.60. The molecule has 0 radical (unpaired) electrons. The van der Waals surface area contributed by atoms with Crippen molar-refractivity contribution in [2.24, 2.45) is 5.92 Å². The lowest BCUT2D eigenvalue weighted by Crippen LogP contribution is -2.33. The molecule has 1 aliphatic rings. The third kappa shape index (κ3) is 4.13. The highest BCUT2D eigenvalue weighted by atomic mass is 35.5. The second-order valence-corrected chi connectivity index (χ2v) is 5.85. The van der Waals surface area contributed by atoms with Crippen LogP contribution in [0.5, 0.6) is 5.75 Å². The second kappa shape index (κ2) is 7.49. The molecule has 1 aromatic rings. The lowest BCUT2D eigenvalue weighted by atomic mass is 10.00. The molecule has 1 aliphatic heterocycles. The monoisotopic (exact) mass is 325 g/mol. The smallest absolute Gasteiger partial charge is 0.306 e. The van der Waals surface area contributed by atoms with Gasteiger partial charge in [0.1, 0.15) is 5.75 Å².